The molecule has 0 radical (unpaired) electrons. The molecular formula is C17H31ClN4O2. The predicted octanol–water partition coefficient (Wildman–Crippen LogP) is 2.65. The second-order valence-electron chi connectivity index (χ2n) is 7.40. The van der Waals surface area contributed by atoms with E-state index < -0.39 is 0 Å². The van der Waals surface area contributed by atoms with E-state index in [0.29, 0.717) is 12.4 Å². The third-order valence-corrected chi connectivity index (χ3v) is 4.30. The lowest BCUT2D eigenvalue weighted by atomic mass is 9.92. The molecule has 1 aliphatic rings. The Balaban J connectivity index is 0.00000288. The van der Waals surface area contributed by atoms with Crippen molar-refractivity contribution in [2.75, 3.05) is 38.0 Å². The van der Waals surface area contributed by atoms with Gasteiger partial charge in [-0.25, -0.2) is 0 Å². The number of hydrogen-bond donors (Lipinski definition) is 2. The first-order valence-corrected chi connectivity index (χ1v) is 8.58. The molecule has 1 amide bonds. The number of rotatable bonds is 6. The molecule has 2 N–H and O–H groups in total. The molecule has 138 valence electrons. The Morgan fingerprint density at radius 2 is 2.04 bits per heavy atom. The standard InChI is InChI=1S/C17H30N4O2.ClH/c1-5-18-11-13-6-8-21(9-7-13)12-15(22)19-16-10-14(20-23-16)17(2,3)4;/h10,13,18H,5-9,11-12H2,1-4H3,(H,19,22);1H. The van der Waals surface area contributed by atoms with Crippen LogP contribution in [0.5, 0.6) is 0 Å². The molecule has 2 heterocycles. The fraction of sp³-hybridized carbons (Fsp3) is 0.765. The highest BCUT2D eigenvalue weighted by Gasteiger charge is 2.22. The van der Waals surface area contributed by atoms with Gasteiger partial charge < -0.3 is 9.84 Å². The lowest BCUT2D eigenvalue weighted by Gasteiger charge is -2.31. The van der Waals surface area contributed by atoms with Crippen molar-refractivity contribution in [3.63, 3.8) is 0 Å². The average molecular weight is 359 g/mol. The van der Waals surface area contributed by atoms with Gasteiger partial charge in [-0.2, -0.15) is 0 Å². The Morgan fingerprint density at radius 3 is 2.58 bits per heavy atom. The van der Waals surface area contributed by atoms with E-state index in [-0.39, 0.29) is 23.7 Å². The molecular weight excluding hydrogens is 328 g/mol. The van der Waals surface area contributed by atoms with Crippen LogP contribution in [0.25, 0.3) is 0 Å². The van der Waals surface area contributed by atoms with Crippen LogP contribution in [0.1, 0.15) is 46.2 Å². The Bertz CT molecular complexity index is 505. The number of amides is 1. The maximum Gasteiger partial charge on any atom is 0.240 e. The molecule has 0 aliphatic carbocycles. The quantitative estimate of drug-likeness (QED) is 0.818. The van der Waals surface area contributed by atoms with Gasteiger partial charge in [0.25, 0.3) is 0 Å². The van der Waals surface area contributed by atoms with Gasteiger partial charge in [-0.1, -0.05) is 32.9 Å². The Labute approximate surface area is 151 Å². The minimum atomic E-state index is -0.0825. The number of anilines is 1. The molecule has 0 aromatic carbocycles. The highest BCUT2D eigenvalue weighted by Crippen LogP contribution is 2.23. The first-order chi connectivity index (χ1) is 10.9. The van der Waals surface area contributed by atoms with Gasteiger partial charge in [-0.15, -0.1) is 12.4 Å². The fourth-order valence-corrected chi connectivity index (χ4v) is 2.76. The lowest BCUT2D eigenvalue weighted by molar-refractivity contribution is -0.117. The zero-order chi connectivity index (χ0) is 16.9. The molecule has 0 spiro atoms. The molecule has 1 aromatic heterocycles. The third-order valence-electron chi connectivity index (χ3n) is 4.30. The van der Waals surface area contributed by atoms with Crippen LogP contribution in [0.3, 0.4) is 0 Å². The molecule has 1 aromatic rings. The van der Waals surface area contributed by atoms with Crippen molar-refractivity contribution in [2.24, 2.45) is 5.92 Å². The molecule has 0 saturated carbocycles. The molecule has 6 nitrogen and oxygen atoms in total. The maximum atomic E-state index is 12.1. The van der Waals surface area contributed by atoms with Crippen molar-refractivity contribution < 1.29 is 9.32 Å². The number of aromatic nitrogens is 1. The van der Waals surface area contributed by atoms with E-state index in [1.54, 1.807) is 6.07 Å². The molecule has 0 atom stereocenters. The van der Waals surface area contributed by atoms with Gasteiger partial charge in [0.15, 0.2) is 0 Å². The average Bonchev–Trinajstić information content (AvgIpc) is 2.95. The Kier molecular flexibility index (Phi) is 8.19. The molecule has 1 fully saturated rings. The van der Waals surface area contributed by atoms with Crippen molar-refractivity contribution in [3.05, 3.63) is 11.8 Å². The summed E-state index contributed by atoms with van der Waals surface area (Å²) in [5.74, 6) is 1.13. The second-order valence-corrected chi connectivity index (χ2v) is 7.40. The van der Waals surface area contributed by atoms with E-state index in [1.807, 2.05) is 0 Å². The number of nitrogens with one attached hydrogen (secondary N) is 2. The van der Waals surface area contributed by atoms with E-state index >= 15 is 0 Å². The summed E-state index contributed by atoms with van der Waals surface area (Å²) < 4.78 is 5.20. The van der Waals surface area contributed by atoms with E-state index in [1.165, 1.54) is 0 Å². The number of piperidine rings is 1. The smallest absolute Gasteiger partial charge is 0.240 e. The number of nitrogens with zero attached hydrogens (tertiary/aromatic N) is 2. The normalized spacial score (nSPS) is 16.7. The highest BCUT2D eigenvalue weighted by atomic mass is 35.5. The number of halogens is 1. The summed E-state index contributed by atoms with van der Waals surface area (Å²) >= 11 is 0. The maximum absolute atomic E-state index is 12.1. The van der Waals surface area contributed by atoms with Crippen molar-refractivity contribution in [1.29, 1.82) is 0 Å². The molecule has 0 bridgehead atoms. The van der Waals surface area contributed by atoms with Gasteiger partial charge in [-0.3, -0.25) is 15.0 Å². The van der Waals surface area contributed by atoms with Crippen molar-refractivity contribution in [3.8, 4) is 0 Å². The SMILES string of the molecule is CCNCC1CCN(CC(=O)Nc2cc(C(C)(C)C)no2)CC1.Cl. The first-order valence-electron chi connectivity index (χ1n) is 8.58. The number of likely N-dealkylation sites (tertiary alicyclic amines) is 1. The summed E-state index contributed by atoms with van der Waals surface area (Å²) in [6.07, 6.45) is 2.30. The summed E-state index contributed by atoms with van der Waals surface area (Å²) in [4.78, 5) is 14.3. The topological polar surface area (TPSA) is 70.4 Å². The van der Waals surface area contributed by atoms with Crippen LogP contribution in [-0.4, -0.2) is 48.7 Å². The summed E-state index contributed by atoms with van der Waals surface area (Å²) in [6.45, 7) is 12.8. The van der Waals surface area contributed by atoms with Crippen LogP contribution in [0, 0.1) is 5.92 Å². The van der Waals surface area contributed by atoms with Crippen molar-refractivity contribution in [1.82, 2.24) is 15.4 Å². The van der Waals surface area contributed by atoms with Gasteiger partial charge in [0.05, 0.1) is 12.2 Å². The van der Waals surface area contributed by atoms with Gasteiger partial charge >= 0.3 is 0 Å². The molecule has 1 saturated heterocycles. The second kappa shape index (κ2) is 9.39. The number of hydrogen-bond acceptors (Lipinski definition) is 5. The number of carbonyl (C=O) groups is 1. The van der Waals surface area contributed by atoms with Gasteiger partial charge in [0.2, 0.25) is 11.8 Å². The molecule has 24 heavy (non-hydrogen) atoms. The van der Waals surface area contributed by atoms with E-state index in [9.17, 15) is 4.79 Å². The lowest BCUT2D eigenvalue weighted by Crippen LogP contribution is -2.41. The Morgan fingerprint density at radius 1 is 1.38 bits per heavy atom. The molecule has 1 aliphatic heterocycles. The fourth-order valence-electron chi connectivity index (χ4n) is 2.76. The van der Waals surface area contributed by atoms with Crippen LogP contribution in [0.15, 0.2) is 10.6 Å². The molecule has 2 rings (SSSR count). The largest absolute Gasteiger partial charge is 0.338 e. The summed E-state index contributed by atoms with van der Waals surface area (Å²) in [5.41, 5.74) is 0.762. The Hall–Kier alpha value is -1.11. The first kappa shape index (κ1) is 20.9. The van der Waals surface area contributed by atoms with Crippen LogP contribution in [-0.2, 0) is 10.2 Å². The summed E-state index contributed by atoms with van der Waals surface area (Å²) in [7, 11) is 0. The van der Waals surface area contributed by atoms with Crippen LogP contribution in [0.2, 0.25) is 0 Å². The third kappa shape index (κ3) is 6.42. The summed E-state index contributed by atoms with van der Waals surface area (Å²) in [5, 5.41) is 10.2. The van der Waals surface area contributed by atoms with Crippen molar-refractivity contribution in [2.45, 2.75) is 46.0 Å². The van der Waals surface area contributed by atoms with Crippen molar-refractivity contribution >= 4 is 24.2 Å². The summed E-state index contributed by atoms with van der Waals surface area (Å²) in [6, 6.07) is 1.81. The van der Waals surface area contributed by atoms with Gasteiger partial charge in [-0.05, 0) is 44.9 Å². The molecule has 0 unspecified atom stereocenters. The predicted molar refractivity (Wildman–Crippen MR) is 98.8 cm³/mol. The van der Waals surface area contributed by atoms with Crippen LogP contribution >= 0.6 is 12.4 Å². The zero-order valence-corrected chi connectivity index (χ0v) is 16.0. The van der Waals surface area contributed by atoms with Crippen LogP contribution < -0.4 is 10.6 Å². The van der Waals surface area contributed by atoms with Gasteiger partial charge in [0.1, 0.15) is 0 Å². The highest BCUT2D eigenvalue weighted by molar-refractivity contribution is 5.91. The molecule has 7 heteroatoms. The zero-order valence-electron chi connectivity index (χ0n) is 15.2. The van der Waals surface area contributed by atoms with E-state index in [4.69, 9.17) is 4.52 Å². The monoisotopic (exact) mass is 358 g/mol. The van der Waals surface area contributed by atoms with Crippen LogP contribution in [0.4, 0.5) is 5.88 Å². The van der Waals surface area contributed by atoms with E-state index in [0.717, 1.165) is 50.6 Å². The minimum Gasteiger partial charge on any atom is -0.338 e. The van der Waals surface area contributed by atoms with E-state index in [2.05, 4.69) is 48.4 Å². The minimum absolute atomic E-state index is 0. The number of carbonyl (C=O) groups excluding carboxylic acids is 1. The van der Waals surface area contributed by atoms with Gasteiger partial charge in [0, 0.05) is 11.5 Å².